The molecule has 2 heterocycles. The Bertz CT molecular complexity index is 289. The predicted octanol–water partition coefficient (Wildman–Crippen LogP) is 0.766. The highest BCUT2D eigenvalue weighted by Crippen LogP contribution is 2.37. The van der Waals surface area contributed by atoms with Crippen LogP contribution in [0.1, 0.15) is 32.1 Å². The molecule has 17 heavy (non-hydrogen) atoms. The maximum atomic E-state index is 12.5. The van der Waals surface area contributed by atoms with Crippen molar-refractivity contribution in [3.63, 3.8) is 0 Å². The lowest BCUT2D eigenvalue weighted by atomic mass is 9.91. The lowest BCUT2D eigenvalue weighted by Crippen LogP contribution is -2.54. The zero-order chi connectivity index (χ0) is 11.7. The van der Waals surface area contributed by atoms with E-state index in [0.717, 1.165) is 19.0 Å². The van der Waals surface area contributed by atoms with Crippen LogP contribution in [0.5, 0.6) is 0 Å². The summed E-state index contributed by atoms with van der Waals surface area (Å²) in [6.45, 7) is 3.17. The number of carbonyl (C=O) groups excluding carboxylic acids is 1. The maximum absolute atomic E-state index is 12.5. The van der Waals surface area contributed by atoms with E-state index >= 15 is 0 Å². The van der Waals surface area contributed by atoms with Crippen molar-refractivity contribution in [2.45, 2.75) is 44.2 Å². The second-order valence-corrected chi connectivity index (χ2v) is 5.50. The summed E-state index contributed by atoms with van der Waals surface area (Å²) in [6.07, 6.45) is 6.08. The third-order valence-electron chi connectivity index (χ3n) is 4.48. The van der Waals surface area contributed by atoms with Crippen molar-refractivity contribution in [1.82, 2.24) is 10.2 Å². The van der Waals surface area contributed by atoms with E-state index in [2.05, 4.69) is 10.2 Å². The summed E-state index contributed by atoms with van der Waals surface area (Å²) in [5, 5.41) is 3.24. The summed E-state index contributed by atoms with van der Waals surface area (Å²) in [7, 11) is 0. The van der Waals surface area contributed by atoms with Gasteiger partial charge in [-0.05, 0) is 31.6 Å². The van der Waals surface area contributed by atoms with Crippen LogP contribution in [0.25, 0.3) is 0 Å². The van der Waals surface area contributed by atoms with Crippen LogP contribution in [0.3, 0.4) is 0 Å². The molecule has 3 aliphatic rings. The fourth-order valence-electron chi connectivity index (χ4n) is 3.64. The van der Waals surface area contributed by atoms with E-state index in [9.17, 15) is 4.79 Å². The van der Waals surface area contributed by atoms with Gasteiger partial charge < -0.3 is 15.0 Å². The monoisotopic (exact) mass is 238 g/mol. The smallest absolute Gasteiger partial charge is 0.253 e. The summed E-state index contributed by atoms with van der Waals surface area (Å²) >= 11 is 0. The Morgan fingerprint density at radius 1 is 1.24 bits per heavy atom. The van der Waals surface area contributed by atoms with Gasteiger partial charge in [0.25, 0.3) is 5.91 Å². The summed E-state index contributed by atoms with van der Waals surface area (Å²) in [5.74, 6) is 0.998. The van der Waals surface area contributed by atoms with Crippen molar-refractivity contribution in [3.8, 4) is 0 Å². The highest BCUT2D eigenvalue weighted by molar-refractivity contribution is 5.81. The molecule has 0 bridgehead atoms. The first-order valence-corrected chi connectivity index (χ1v) is 6.99. The number of amides is 1. The third kappa shape index (κ3) is 2.20. The molecular formula is C13H22N2O2. The summed E-state index contributed by atoms with van der Waals surface area (Å²) in [6, 6.07) is 0.516. The van der Waals surface area contributed by atoms with Crippen molar-refractivity contribution < 1.29 is 9.53 Å². The van der Waals surface area contributed by atoms with Crippen LogP contribution in [0.4, 0.5) is 0 Å². The van der Waals surface area contributed by atoms with Gasteiger partial charge in [-0.15, -0.1) is 0 Å². The normalized spacial score (nSPS) is 37.9. The molecule has 3 unspecified atom stereocenters. The van der Waals surface area contributed by atoms with Gasteiger partial charge in [0, 0.05) is 25.7 Å². The van der Waals surface area contributed by atoms with Crippen molar-refractivity contribution in [3.05, 3.63) is 0 Å². The number of morpholine rings is 1. The molecule has 3 atom stereocenters. The molecule has 0 spiro atoms. The molecule has 3 rings (SSSR count). The van der Waals surface area contributed by atoms with Crippen LogP contribution in [0.15, 0.2) is 0 Å². The minimum atomic E-state index is -0.233. The predicted molar refractivity (Wildman–Crippen MR) is 64.7 cm³/mol. The second kappa shape index (κ2) is 4.94. The number of fused-ring (bicyclic) bond motifs is 1. The highest BCUT2D eigenvalue weighted by atomic mass is 16.5. The van der Waals surface area contributed by atoms with Gasteiger partial charge in [0.2, 0.25) is 0 Å². The topological polar surface area (TPSA) is 41.6 Å². The standard InChI is InChI=1S/C13H22N2O2/c16-13(12-9-14-6-8-17-12)15-7-2-4-10-3-1-5-11(10)15/h10-12,14H,1-9H2. The first-order valence-electron chi connectivity index (χ1n) is 6.99. The largest absolute Gasteiger partial charge is 0.366 e. The molecule has 0 aromatic heterocycles. The molecule has 0 aromatic rings. The summed E-state index contributed by atoms with van der Waals surface area (Å²) in [5.41, 5.74) is 0. The van der Waals surface area contributed by atoms with Crippen molar-refractivity contribution in [1.29, 1.82) is 0 Å². The van der Waals surface area contributed by atoms with E-state index < -0.39 is 0 Å². The number of hydrogen-bond acceptors (Lipinski definition) is 3. The van der Waals surface area contributed by atoms with Crippen LogP contribution < -0.4 is 5.32 Å². The number of nitrogens with one attached hydrogen (secondary N) is 1. The fraction of sp³-hybridized carbons (Fsp3) is 0.923. The molecule has 3 fully saturated rings. The van der Waals surface area contributed by atoms with Crippen LogP contribution >= 0.6 is 0 Å². The van der Waals surface area contributed by atoms with Gasteiger partial charge >= 0.3 is 0 Å². The van der Waals surface area contributed by atoms with Crippen LogP contribution in [0.2, 0.25) is 0 Å². The van der Waals surface area contributed by atoms with Gasteiger partial charge in [-0.25, -0.2) is 0 Å². The van der Waals surface area contributed by atoms with Gasteiger partial charge in [0.1, 0.15) is 6.10 Å². The summed E-state index contributed by atoms with van der Waals surface area (Å²) in [4.78, 5) is 14.6. The molecule has 96 valence electrons. The zero-order valence-electron chi connectivity index (χ0n) is 10.4. The molecule has 4 heteroatoms. The SMILES string of the molecule is O=C(C1CNCCO1)N1CCCC2CCCC21. The molecule has 1 amide bonds. The highest BCUT2D eigenvalue weighted by Gasteiger charge is 2.39. The van der Waals surface area contributed by atoms with Gasteiger partial charge in [0.15, 0.2) is 0 Å². The Hall–Kier alpha value is -0.610. The van der Waals surface area contributed by atoms with Crippen LogP contribution in [0, 0.1) is 5.92 Å². The Kier molecular flexibility index (Phi) is 3.34. The fourth-order valence-corrected chi connectivity index (χ4v) is 3.64. The van der Waals surface area contributed by atoms with Gasteiger partial charge in [-0.1, -0.05) is 6.42 Å². The number of hydrogen-bond donors (Lipinski definition) is 1. The number of ether oxygens (including phenoxy) is 1. The lowest BCUT2D eigenvalue weighted by molar-refractivity contribution is -0.150. The zero-order valence-corrected chi connectivity index (χ0v) is 10.4. The number of carbonyl (C=O) groups is 1. The molecule has 1 aliphatic carbocycles. The Morgan fingerprint density at radius 3 is 2.94 bits per heavy atom. The third-order valence-corrected chi connectivity index (χ3v) is 4.48. The average Bonchev–Trinajstić information content (AvgIpc) is 2.87. The van der Waals surface area contributed by atoms with Crippen LogP contribution in [-0.4, -0.2) is 49.2 Å². The average molecular weight is 238 g/mol. The first-order chi connectivity index (χ1) is 8.36. The first kappa shape index (κ1) is 11.5. The van der Waals surface area contributed by atoms with E-state index in [1.54, 1.807) is 0 Å². The molecule has 0 aromatic carbocycles. The minimum absolute atomic E-state index is 0.230. The molecule has 2 saturated heterocycles. The Labute approximate surface area is 103 Å². The lowest BCUT2D eigenvalue weighted by Gasteiger charge is -2.40. The molecule has 1 saturated carbocycles. The number of piperidine rings is 1. The Morgan fingerprint density at radius 2 is 2.12 bits per heavy atom. The van der Waals surface area contributed by atoms with Gasteiger partial charge in [-0.3, -0.25) is 4.79 Å². The van der Waals surface area contributed by atoms with Gasteiger partial charge in [0.05, 0.1) is 6.61 Å². The number of likely N-dealkylation sites (tertiary alicyclic amines) is 1. The van der Waals surface area contributed by atoms with E-state index in [0.29, 0.717) is 19.2 Å². The summed E-state index contributed by atoms with van der Waals surface area (Å²) < 4.78 is 5.59. The molecule has 0 radical (unpaired) electrons. The molecular weight excluding hydrogens is 216 g/mol. The second-order valence-electron chi connectivity index (χ2n) is 5.50. The molecule has 4 nitrogen and oxygen atoms in total. The maximum Gasteiger partial charge on any atom is 0.253 e. The quantitative estimate of drug-likeness (QED) is 0.733. The van der Waals surface area contributed by atoms with E-state index in [-0.39, 0.29) is 12.0 Å². The minimum Gasteiger partial charge on any atom is -0.366 e. The molecule has 2 aliphatic heterocycles. The van der Waals surface area contributed by atoms with Crippen molar-refractivity contribution in [2.24, 2.45) is 5.92 Å². The number of rotatable bonds is 1. The van der Waals surface area contributed by atoms with Crippen molar-refractivity contribution in [2.75, 3.05) is 26.2 Å². The Balaban J connectivity index is 1.67. The van der Waals surface area contributed by atoms with Gasteiger partial charge in [-0.2, -0.15) is 0 Å². The van der Waals surface area contributed by atoms with E-state index in [1.165, 1.54) is 32.1 Å². The van der Waals surface area contributed by atoms with Crippen molar-refractivity contribution >= 4 is 5.91 Å². The van der Waals surface area contributed by atoms with E-state index in [4.69, 9.17) is 4.74 Å². The van der Waals surface area contributed by atoms with E-state index in [1.807, 2.05) is 0 Å². The van der Waals surface area contributed by atoms with Crippen LogP contribution in [-0.2, 0) is 9.53 Å². The number of nitrogens with zero attached hydrogens (tertiary/aromatic N) is 1. The molecule has 1 N–H and O–H groups in total.